The number of aliphatic carboxylic acids is 1. The Morgan fingerprint density at radius 2 is 1.72 bits per heavy atom. The van der Waals surface area contributed by atoms with Gasteiger partial charge in [0.2, 0.25) is 5.91 Å². The van der Waals surface area contributed by atoms with E-state index in [1.165, 1.54) is 6.92 Å². The maximum absolute atomic E-state index is 11.3. The Hall–Kier alpha value is -2.82. The molecule has 2 N–H and O–H groups in total. The van der Waals surface area contributed by atoms with E-state index in [2.05, 4.69) is 25.2 Å². The molecular weight excluding hydrogens is 318 g/mol. The van der Waals surface area contributed by atoms with Crippen molar-refractivity contribution >= 4 is 17.6 Å². The highest BCUT2D eigenvalue weighted by Crippen LogP contribution is 2.27. The third kappa shape index (κ3) is 5.64. The molecule has 0 spiro atoms. The quantitative estimate of drug-likeness (QED) is 0.803. The molecule has 0 aliphatic carbocycles. The average molecular weight is 341 g/mol. The lowest BCUT2D eigenvalue weighted by atomic mass is 9.95. The summed E-state index contributed by atoms with van der Waals surface area (Å²) in [5, 5.41) is 11.5. The van der Waals surface area contributed by atoms with Gasteiger partial charge in [-0.05, 0) is 47.2 Å². The van der Waals surface area contributed by atoms with Crippen molar-refractivity contribution in [2.45, 2.75) is 33.1 Å². The Kier molecular flexibility index (Phi) is 6.17. The van der Waals surface area contributed by atoms with E-state index in [1.54, 1.807) is 12.1 Å². The second-order valence-electron chi connectivity index (χ2n) is 6.26. The van der Waals surface area contributed by atoms with Gasteiger partial charge in [-0.2, -0.15) is 0 Å². The fourth-order valence-electron chi connectivity index (χ4n) is 2.59. The Bertz CT molecular complexity index is 751. The van der Waals surface area contributed by atoms with Gasteiger partial charge in [0.1, 0.15) is 5.75 Å². The van der Waals surface area contributed by atoms with Crippen LogP contribution in [0.1, 0.15) is 43.4 Å². The van der Waals surface area contributed by atoms with Crippen molar-refractivity contribution < 1.29 is 19.4 Å². The van der Waals surface area contributed by atoms with E-state index >= 15 is 0 Å². The molecule has 0 aliphatic heterocycles. The minimum Gasteiger partial charge on any atom is -0.482 e. The molecule has 25 heavy (non-hydrogen) atoms. The van der Waals surface area contributed by atoms with Gasteiger partial charge in [-0.15, -0.1) is 0 Å². The number of nitrogens with one attached hydrogen (secondary N) is 1. The fourth-order valence-corrected chi connectivity index (χ4v) is 2.59. The molecule has 132 valence electrons. The van der Waals surface area contributed by atoms with E-state index in [-0.39, 0.29) is 12.5 Å². The lowest BCUT2D eigenvalue weighted by Gasteiger charge is -2.15. The molecular formula is C20H23NO4. The van der Waals surface area contributed by atoms with E-state index in [0.29, 0.717) is 11.7 Å². The van der Waals surface area contributed by atoms with Gasteiger partial charge in [0.05, 0.1) is 0 Å². The van der Waals surface area contributed by atoms with E-state index in [1.807, 2.05) is 24.3 Å². The summed E-state index contributed by atoms with van der Waals surface area (Å²) in [7, 11) is 0. The van der Waals surface area contributed by atoms with Crippen LogP contribution in [0.25, 0.3) is 0 Å². The molecule has 2 aromatic rings. The molecule has 5 nitrogen and oxygen atoms in total. The standard InChI is InChI=1S/C20H23NO4/c1-13(2)18-11-16(6-9-19(18)21-14(3)22)10-15-4-7-17(8-5-15)25-12-20(23)24/h4-9,11,13H,10,12H2,1-3H3,(H,21,22)(H,23,24). The largest absolute Gasteiger partial charge is 0.482 e. The number of ether oxygens (including phenoxy) is 1. The molecule has 0 fully saturated rings. The van der Waals surface area contributed by atoms with Crippen LogP contribution in [-0.2, 0) is 16.0 Å². The predicted molar refractivity (Wildman–Crippen MR) is 97.2 cm³/mol. The normalized spacial score (nSPS) is 10.6. The topological polar surface area (TPSA) is 75.6 Å². The molecule has 0 unspecified atom stereocenters. The summed E-state index contributed by atoms with van der Waals surface area (Å²) in [6.45, 7) is 5.35. The second-order valence-corrected chi connectivity index (χ2v) is 6.26. The van der Waals surface area contributed by atoms with Crippen LogP contribution in [0.2, 0.25) is 0 Å². The highest BCUT2D eigenvalue weighted by molar-refractivity contribution is 5.89. The van der Waals surface area contributed by atoms with Gasteiger partial charge < -0.3 is 15.2 Å². The maximum Gasteiger partial charge on any atom is 0.341 e. The lowest BCUT2D eigenvalue weighted by Crippen LogP contribution is -2.09. The van der Waals surface area contributed by atoms with Gasteiger partial charge in [-0.1, -0.05) is 38.1 Å². The van der Waals surface area contributed by atoms with Crippen LogP contribution in [0.4, 0.5) is 5.69 Å². The van der Waals surface area contributed by atoms with Gasteiger partial charge >= 0.3 is 5.97 Å². The van der Waals surface area contributed by atoms with Gasteiger partial charge in [0.25, 0.3) is 0 Å². The van der Waals surface area contributed by atoms with Gasteiger partial charge in [-0.3, -0.25) is 4.79 Å². The predicted octanol–water partition coefficient (Wildman–Crippen LogP) is 3.82. The van der Waals surface area contributed by atoms with Crippen LogP contribution in [0.15, 0.2) is 42.5 Å². The molecule has 0 saturated carbocycles. The summed E-state index contributed by atoms with van der Waals surface area (Å²) in [5.74, 6) is -0.236. The summed E-state index contributed by atoms with van der Waals surface area (Å²) in [4.78, 5) is 21.8. The summed E-state index contributed by atoms with van der Waals surface area (Å²) in [6, 6.07) is 13.5. The number of amides is 1. The van der Waals surface area contributed by atoms with Crippen LogP contribution in [0, 0.1) is 0 Å². The van der Waals surface area contributed by atoms with Gasteiger partial charge in [-0.25, -0.2) is 4.79 Å². The zero-order chi connectivity index (χ0) is 18.4. The highest BCUT2D eigenvalue weighted by atomic mass is 16.5. The van der Waals surface area contributed by atoms with Gasteiger partial charge in [0, 0.05) is 12.6 Å². The van der Waals surface area contributed by atoms with Crippen LogP contribution in [0.3, 0.4) is 0 Å². The molecule has 2 aromatic carbocycles. The molecule has 0 saturated heterocycles. The molecule has 1 amide bonds. The molecule has 2 rings (SSSR count). The third-order valence-corrected chi connectivity index (χ3v) is 3.74. The van der Waals surface area contributed by atoms with Crippen LogP contribution < -0.4 is 10.1 Å². The average Bonchev–Trinajstić information content (AvgIpc) is 2.55. The van der Waals surface area contributed by atoms with E-state index in [0.717, 1.165) is 28.8 Å². The number of carbonyl (C=O) groups is 2. The lowest BCUT2D eigenvalue weighted by molar-refractivity contribution is -0.139. The van der Waals surface area contributed by atoms with Crippen molar-refractivity contribution in [1.82, 2.24) is 0 Å². The minimum absolute atomic E-state index is 0.0772. The number of rotatable bonds is 7. The summed E-state index contributed by atoms with van der Waals surface area (Å²) < 4.78 is 5.14. The van der Waals surface area contributed by atoms with Crippen molar-refractivity contribution in [1.29, 1.82) is 0 Å². The minimum atomic E-state index is -0.996. The van der Waals surface area contributed by atoms with Crippen molar-refractivity contribution in [2.24, 2.45) is 0 Å². The Morgan fingerprint density at radius 1 is 1.08 bits per heavy atom. The SMILES string of the molecule is CC(=O)Nc1ccc(Cc2ccc(OCC(=O)O)cc2)cc1C(C)C. The Morgan fingerprint density at radius 3 is 2.28 bits per heavy atom. The fraction of sp³-hybridized carbons (Fsp3) is 0.300. The van der Waals surface area contributed by atoms with Crippen molar-refractivity contribution in [2.75, 3.05) is 11.9 Å². The second kappa shape index (κ2) is 8.33. The monoisotopic (exact) mass is 341 g/mol. The zero-order valence-electron chi connectivity index (χ0n) is 14.7. The first-order valence-corrected chi connectivity index (χ1v) is 8.19. The Labute approximate surface area is 147 Å². The summed E-state index contributed by atoms with van der Waals surface area (Å²) in [5.41, 5.74) is 4.21. The number of carbonyl (C=O) groups excluding carboxylic acids is 1. The first kappa shape index (κ1) is 18.5. The smallest absolute Gasteiger partial charge is 0.341 e. The number of benzene rings is 2. The first-order valence-electron chi connectivity index (χ1n) is 8.19. The van der Waals surface area contributed by atoms with Crippen molar-refractivity contribution in [3.05, 3.63) is 59.2 Å². The molecule has 0 radical (unpaired) electrons. The van der Waals surface area contributed by atoms with E-state index < -0.39 is 5.97 Å². The van der Waals surface area contributed by atoms with Crippen molar-refractivity contribution in [3.8, 4) is 5.75 Å². The molecule has 0 bridgehead atoms. The number of carboxylic acids is 1. The number of hydrogen-bond donors (Lipinski definition) is 2. The van der Waals surface area contributed by atoms with E-state index in [9.17, 15) is 9.59 Å². The van der Waals surface area contributed by atoms with Crippen LogP contribution in [-0.4, -0.2) is 23.6 Å². The van der Waals surface area contributed by atoms with Crippen molar-refractivity contribution in [3.63, 3.8) is 0 Å². The van der Waals surface area contributed by atoms with Gasteiger partial charge in [0.15, 0.2) is 6.61 Å². The van der Waals surface area contributed by atoms with Crippen LogP contribution in [0.5, 0.6) is 5.75 Å². The maximum atomic E-state index is 11.3. The number of carboxylic acid groups (broad SMARTS) is 1. The first-order chi connectivity index (χ1) is 11.8. The molecule has 5 heteroatoms. The zero-order valence-corrected chi connectivity index (χ0v) is 14.7. The molecule has 0 aliphatic rings. The number of anilines is 1. The van der Waals surface area contributed by atoms with Crippen LogP contribution >= 0.6 is 0 Å². The Balaban J connectivity index is 2.12. The highest BCUT2D eigenvalue weighted by Gasteiger charge is 2.09. The van der Waals surface area contributed by atoms with E-state index in [4.69, 9.17) is 9.84 Å². The molecule has 0 aromatic heterocycles. The molecule has 0 heterocycles. The summed E-state index contributed by atoms with van der Waals surface area (Å²) in [6.07, 6.45) is 0.749. The third-order valence-electron chi connectivity index (χ3n) is 3.74. The number of hydrogen-bond acceptors (Lipinski definition) is 3. The molecule has 0 atom stereocenters. The summed E-state index contributed by atoms with van der Waals surface area (Å²) >= 11 is 0.